The maximum Gasteiger partial charge on any atom is 0.191 e. The van der Waals surface area contributed by atoms with Crippen molar-refractivity contribution in [3.8, 4) is 11.5 Å². The highest BCUT2D eigenvalue weighted by Gasteiger charge is 2.17. The van der Waals surface area contributed by atoms with Gasteiger partial charge in [0.2, 0.25) is 0 Å². The van der Waals surface area contributed by atoms with E-state index in [1.165, 1.54) is 0 Å². The molecule has 0 spiro atoms. The van der Waals surface area contributed by atoms with Crippen LogP contribution in [-0.4, -0.2) is 31.8 Å². The monoisotopic (exact) mass is 325 g/mol. The highest BCUT2D eigenvalue weighted by molar-refractivity contribution is 9.10. The Hall–Kier alpha value is -1.43. The first-order valence-corrected chi connectivity index (χ1v) is 7.14. The summed E-state index contributed by atoms with van der Waals surface area (Å²) in [4.78, 5) is 4.37. The molecule has 19 heavy (non-hydrogen) atoms. The molecule has 2 heterocycles. The van der Waals surface area contributed by atoms with Crippen molar-refractivity contribution in [2.24, 2.45) is 4.99 Å². The zero-order valence-electron chi connectivity index (χ0n) is 10.7. The molecule has 1 aromatic carbocycles. The molecule has 0 saturated heterocycles. The maximum atomic E-state index is 5.61. The molecule has 102 valence electrons. The van der Waals surface area contributed by atoms with E-state index in [0.29, 0.717) is 25.8 Å². The van der Waals surface area contributed by atoms with Crippen LogP contribution in [-0.2, 0) is 6.54 Å². The molecule has 0 aliphatic carbocycles. The van der Waals surface area contributed by atoms with Crippen molar-refractivity contribution < 1.29 is 9.47 Å². The van der Waals surface area contributed by atoms with E-state index in [0.717, 1.165) is 34.0 Å². The van der Waals surface area contributed by atoms with Gasteiger partial charge in [0.1, 0.15) is 13.2 Å². The fraction of sp³-hybridized carbons (Fsp3) is 0.462. The van der Waals surface area contributed by atoms with Crippen LogP contribution in [0.5, 0.6) is 11.5 Å². The van der Waals surface area contributed by atoms with Crippen molar-refractivity contribution in [2.45, 2.75) is 19.5 Å². The predicted octanol–water partition coefficient (Wildman–Crippen LogP) is 1.66. The van der Waals surface area contributed by atoms with Crippen molar-refractivity contribution in [3.63, 3.8) is 0 Å². The molecule has 2 N–H and O–H groups in total. The van der Waals surface area contributed by atoms with Crippen LogP contribution >= 0.6 is 15.9 Å². The third kappa shape index (κ3) is 2.78. The number of hydrogen-bond donors (Lipinski definition) is 2. The summed E-state index contributed by atoms with van der Waals surface area (Å²) in [6, 6.07) is 4.46. The number of rotatable bonds is 2. The average Bonchev–Trinajstić information content (AvgIpc) is 2.82. The molecular weight excluding hydrogens is 310 g/mol. The highest BCUT2D eigenvalue weighted by Crippen LogP contribution is 2.38. The highest BCUT2D eigenvalue weighted by atomic mass is 79.9. The predicted molar refractivity (Wildman–Crippen MR) is 76.9 cm³/mol. The normalized spacial score (nSPS) is 20.7. The summed E-state index contributed by atoms with van der Waals surface area (Å²) < 4.78 is 12.1. The average molecular weight is 326 g/mol. The molecule has 2 aliphatic heterocycles. The first-order valence-electron chi connectivity index (χ1n) is 6.35. The number of nitrogens with one attached hydrogen (secondary N) is 2. The molecule has 0 radical (unpaired) electrons. The molecule has 1 atom stereocenters. The minimum atomic E-state index is 0.412. The van der Waals surface area contributed by atoms with E-state index in [4.69, 9.17) is 9.47 Å². The lowest BCUT2D eigenvalue weighted by molar-refractivity contribution is 0.170. The minimum Gasteiger partial charge on any atom is -0.486 e. The molecule has 0 amide bonds. The summed E-state index contributed by atoms with van der Waals surface area (Å²) in [6.45, 7) is 4.84. The van der Waals surface area contributed by atoms with E-state index in [1.807, 2.05) is 12.1 Å². The number of nitrogens with zero attached hydrogens (tertiary/aromatic N) is 1. The van der Waals surface area contributed by atoms with Crippen LogP contribution in [0.2, 0.25) is 0 Å². The van der Waals surface area contributed by atoms with Crippen molar-refractivity contribution in [3.05, 3.63) is 22.2 Å². The lowest BCUT2D eigenvalue weighted by Gasteiger charge is -2.20. The molecule has 6 heteroatoms. The summed E-state index contributed by atoms with van der Waals surface area (Å²) >= 11 is 3.52. The molecule has 0 aromatic heterocycles. The zero-order valence-corrected chi connectivity index (χ0v) is 12.3. The summed E-state index contributed by atoms with van der Waals surface area (Å²) in [6.07, 6.45) is 0. The third-order valence-corrected chi connectivity index (χ3v) is 3.61. The third-order valence-electron chi connectivity index (χ3n) is 3.02. The summed E-state index contributed by atoms with van der Waals surface area (Å²) in [7, 11) is 0. The van der Waals surface area contributed by atoms with Crippen molar-refractivity contribution >= 4 is 21.9 Å². The van der Waals surface area contributed by atoms with Crippen LogP contribution < -0.4 is 20.1 Å². The van der Waals surface area contributed by atoms with E-state index in [2.05, 4.69) is 38.5 Å². The Bertz CT molecular complexity index is 519. The van der Waals surface area contributed by atoms with Crippen LogP contribution in [0.3, 0.4) is 0 Å². The number of benzene rings is 1. The fourth-order valence-corrected chi connectivity index (χ4v) is 2.72. The van der Waals surface area contributed by atoms with Crippen LogP contribution in [0, 0.1) is 0 Å². The quantitative estimate of drug-likeness (QED) is 0.868. The second-order valence-corrected chi connectivity index (χ2v) is 5.54. The Labute approximate surface area is 120 Å². The van der Waals surface area contributed by atoms with Crippen molar-refractivity contribution in [2.75, 3.05) is 19.8 Å². The number of aliphatic imine (C=N–C) groups is 1. The van der Waals surface area contributed by atoms with Crippen LogP contribution in [0.1, 0.15) is 12.5 Å². The Balaban J connectivity index is 1.70. The van der Waals surface area contributed by atoms with Gasteiger partial charge in [-0.05, 0) is 40.5 Å². The molecular formula is C13H16BrN3O2. The Kier molecular flexibility index (Phi) is 3.50. The zero-order chi connectivity index (χ0) is 13.2. The van der Waals surface area contributed by atoms with Gasteiger partial charge in [0.25, 0.3) is 0 Å². The van der Waals surface area contributed by atoms with Gasteiger partial charge in [-0.25, -0.2) is 0 Å². The van der Waals surface area contributed by atoms with Gasteiger partial charge in [-0.2, -0.15) is 0 Å². The van der Waals surface area contributed by atoms with Crippen LogP contribution in [0.15, 0.2) is 21.6 Å². The summed E-state index contributed by atoms with van der Waals surface area (Å²) in [5.74, 6) is 2.45. The first-order chi connectivity index (χ1) is 9.22. The summed E-state index contributed by atoms with van der Waals surface area (Å²) in [5, 5.41) is 6.56. The number of halogens is 1. The van der Waals surface area contributed by atoms with Gasteiger partial charge in [0.15, 0.2) is 17.5 Å². The number of ether oxygens (including phenoxy) is 2. The van der Waals surface area contributed by atoms with Gasteiger partial charge >= 0.3 is 0 Å². The SMILES string of the molecule is CC1CN=C(NCc2cc(Br)c3c(c2)OCCO3)N1. The van der Waals surface area contributed by atoms with Crippen LogP contribution in [0.25, 0.3) is 0 Å². The van der Waals surface area contributed by atoms with Gasteiger partial charge in [-0.15, -0.1) is 0 Å². The van der Waals surface area contributed by atoms with E-state index in [9.17, 15) is 0 Å². The van der Waals surface area contributed by atoms with Gasteiger partial charge in [-0.3, -0.25) is 4.99 Å². The van der Waals surface area contributed by atoms with Crippen LogP contribution in [0.4, 0.5) is 0 Å². The topological polar surface area (TPSA) is 54.9 Å². The molecule has 5 nitrogen and oxygen atoms in total. The lowest BCUT2D eigenvalue weighted by atomic mass is 10.2. The van der Waals surface area contributed by atoms with Gasteiger partial charge in [0.05, 0.1) is 11.0 Å². The first kappa shape index (κ1) is 12.6. The van der Waals surface area contributed by atoms with Crippen molar-refractivity contribution in [1.82, 2.24) is 10.6 Å². The van der Waals surface area contributed by atoms with Gasteiger partial charge < -0.3 is 20.1 Å². The minimum absolute atomic E-state index is 0.412. The standard InChI is InChI=1S/C13H16BrN3O2/c1-8-6-15-13(17-8)16-7-9-4-10(14)12-11(5-9)18-2-3-19-12/h4-5,8H,2-3,6-7H2,1H3,(H2,15,16,17). The molecule has 0 saturated carbocycles. The second kappa shape index (κ2) is 5.28. The van der Waals surface area contributed by atoms with E-state index in [1.54, 1.807) is 0 Å². The number of guanidine groups is 1. The van der Waals surface area contributed by atoms with E-state index < -0.39 is 0 Å². The molecule has 0 fully saturated rings. The second-order valence-electron chi connectivity index (χ2n) is 4.69. The Morgan fingerprint density at radius 3 is 3.05 bits per heavy atom. The Morgan fingerprint density at radius 2 is 2.26 bits per heavy atom. The molecule has 1 aromatic rings. The number of hydrogen-bond acceptors (Lipinski definition) is 5. The summed E-state index contributed by atoms with van der Waals surface area (Å²) in [5.41, 5.74) is 1.13. The van der Waals surface area contributed by atoms with Gasteiger partial charge in [0, 0.05) is 12.6 Å². The fourth-order valence-electron chi connectivity index (χ4n) is 2.11. The molecule has 2 aliphatic rings. The maximum absolute atomic E-state index is 5.61. The largest absolute Gasteiger partial charge is 0.486 e. The van der Waals surface area contributed by atoms with Gasteiger partial charge in [-0.1, -0.05) is 0 Å². The van der Waals surface area contributed by atoms with E-state index in [-0.39, 0.29) is 0 Å². The smallest absolute Gasteiger partial charge is 0.191 e. The lowest BCUT2D eigenvalue weighted by Crippen LogP contribution is -2.37. The van der Waals surface area contributed by atoms with E-state index >= 15 is 0 Å². The molecule has 1 unspecified atom stereocenters. The Morgan fingerprint density at radius 1 is 1.42 bits per heavy atom. The molecule has 0 bridgehead atoms. The van der Waals surface area contributed by atoms with Crippen molar-refractivity contribution in [1.29, 1.82) is 0 Å². The number of fused-ring (bicyclic) bond motifs is 1. The molecule has 3 rings (SSSR count).